The van der Waals surface area contributed by atoms with Gasteiger partial charge in [-0.1, -0.05) is 43.6 Å². The fourth-order valence-electron chi connectivity index (χ4n) is 2.43. The summed E-state index contributed by atoms with van der Waals surface area (Å²) in [4.78, 5) is 47.2. The Morgan fingerprint density at radius 2 is 1.69 bits per heavy atom. The number of amides is 3. The molecule has 0 aliphatic carbocycles. The standard InChI is InChI=1S/C19H19ClN4O5/c1-11(2)16(21-18(26)14-8-3-4-9-15(14)20)19(27)23-22-17(25)12-6-5-7-13(10-12)24(28)29/h3-11,16H,1-2H3,(H,21,26)(H,22,25)(H,23,27)/t16-/m0/s1. The summed E-state index contributed by atoms with van der Waals surface area (Å²) >= 11 is 6.00. The van der Waals surface area contributed by atoms with E-state index in [0.717, 1.165) is 6.07 Å². The van der Waals surface area contributed by atoms with Crippen molar-refractivity contribution in [2.45, 2.75) is 19.9 Å². The van der Waals surface area contributed by atoms with Gasteiger partial charge in [-0.3, -0.25) is 35.3 Å². The number of hydrogen-bond donors (Lipinski definition) is 3. The van der Waals surface area contributed by atoms with E-state index in [-0.39, 0.29) is 27.8 Å². The number of nitrogens with zero attached hydrogens (tertiary/aromatic N) is 1. The summed E-state index contributed by atoms with van der Waals surface area (Å²) in [5.41, 5.74) is 4.38. The summed E-state index contributed by atoms with van der Waals surface area (Å²) < 4.78 is 0. The van der Waals surface area contributed by atoms with Crippen LogP contribution in [-0.4, -0.2) is 28.7 Å². The molecule has 0 unspecified atom stereocenters. The van der Waals surface area contributed by atoms with Crippen LogP contribution in [0.3, 0.4) is 0 Å². The number of nitro groups is 1. The SMILES string of the molecule is CC(C)[C@H](NC(=O)c1ccccc1Cl)C(=O)NNC(=O)c1cccc([N+](=O)[O-])c1. The number of hydrogen-bond acceptors (Lipinski definition) is 5. The van der Waals surface area contributed by atoms with E-state index in [1.165, 1.54) is 24.3 Å². The molecule has 0 heterocycles. The number of carbonyl (C=O) groups is 3. The Morgan fingerprint density at radius 3 is 2.31 bits per heavy atom. The molecule has 0 spiro atoms. The van der Waals surface area contributed by atoms with E-state index in [4.69, 9.17) is 11.6 Å². The van der Waals surface area contributed by atoms with Crippen LogP contribution in [0.2, 0.25) is 5.02 Å². The second kappa shape index (κ2) is 9.65. The van der Waals surface area contributed by atoms with Crippen LogP contribution >= 0.6 is 11.6 Å². The summed E-state index contributed by atoms with van der Waals surface area (Å²) in [5, 5.41) is 13.6. The third kappa shape index (κ3) is 5.76. The van der Waals surface area contributed by atoms with Crippen LogP contribution in [0.1, 0.15) is 34.6 Å². The van der Waals surface area contributed by atoms with Crippen LogP contribution < -0.4 is 16.2 Å². The normalized spacial score (nSPS) is 11.4. The van der Waals surface area contributed by atoms with Gasteiger partial charge in [0, 0.05) is 17.7 Å². The first kappa shape index (κ1) is 21.8. The average molecular weight is 419 g/mol. The van der Waals surface area contributed by atoms with Crippen LogP contribution in [0.5, 0.6) is 0 Å². The second-order valence-corrected chi connectivity index (χ2v) is 6.83. The van der Waals surface area contributed by atoms with E-state index in [2.05, 4.69) is 16.2 Å². The molecule has 3 amide bonds. The first-order valence-corrected chi connectivity index (χ1v) is 8.98. The van der Waals surface area contributed by atoms with E-state index in [1.54, 1.807) is 32.0 Å². The van der Waals surface area contributed by atoms with Crippen LogP contribution in [0.15, 0.2) is 48.5 Å². The number of carbonyl (C=O) groups excluding carboxylic acids is 3. The second-order valence-electron chi connectivity index (χ2n) is 6.43. The van der Waals surface area contributed by atoms with Crippen molar-refractivity contribution in [3.8, 4) is 0 Å². The highest BCUT2D eigenvalue weighted by Gasteiger charge is 2.26. The van der Waals surface area contributed by atoms with Gasteiger partial charge in [0.25, 0.3) is 23.4 Å². The van der Waals surface area contributed by atoms with Crippen molar-refractivity contribution in [2.75, 3.05) is 0 Å². The maximum atomic E-state index is 12.5. The molecule has 0 saturated heterocycles. The molecule has 10 heteroatoms. The predicted molar refractivity (Wildman–Crippen MR) is 106 cm³/mol. The molecule has 29 heavy (non-hydrogen) atoms. The van der Waals surface area contributed by atoms with E-state index in [0.29, 0.717) is 0 Å². The Labute approximate surface area is 171 Å². The minimum absolute atomic E-state index is 0.000648. The lowest BCUT2D eigenvalue weighted by molar-refractivity contribution is -0.384. The Hall–Kier alpha value is -3.46. The molecule has 2 aromatic rings. The average Bonchev–Trinajstić information content (AvgIpc) is 2.69. The molecule has 0 aromatic heterocycles. The molecule has 152 valence electrons. The Kier molecular flexibility index (Phi) is 7.27. The maximum Gasteiger partial charge on any atom is 0.270 e. The largest absolute Gasteiger partial charge is 0.340 e. The summed E-state index contributed by atoms with van der Waals surface area (Å²) in [6.45, 7) is 3.44. The highest BCUT2D eigenvalue weighted by molar-refractivity contribution is 6.33. The van der Waals surface area contributed by atoms with Crippen molar-refractivity contribution < 1.29 is 19.3 Å². The van der Waals surface area contributed by atoms with E-state index in [9.17, 15) is 24.5 Å². The predicted octanol–water partition coefficient (Wildman–Crippen LogP) is 2.46. The first-order valence-electron chi connectivity index (χ1n) is 8.60. The molecular formula is C19H19ClN4O5. The minimum Gasteiger partial charge on any atom is -0.340 e. The molecular weight excluding hydrogens is 400 g/mol. The lowest BCUT2D eigenvalue weighted by atomic mass is 10.0. The molecule has 2 rings (SSSR count). The zero-order valence-corrected chi connectivity index (χ0v) is 16.4. The van der Waals surface area contributed by atoms with Crippen molar-refractivity contribution in [1.29, 1.82) is 0 Å². The number of nitro benzene ring substituents is 1. The third-order valence-corrected chi connectivity index (χ3v) is 4.30. The zero-order valence-electron chi connectivity index (χ0n) is 15.6. The van der Waals surface area contributed by atoms with Gasteiger partial charge < -0.3 is 5.32 Å². The molecule has 0 aliphatic heterocycles. The lowest BCUT2D eigenvalue weighted by Gasteiger charge is -2.22. The highest BCUT2D eigenvalue weighted by atomic mass is 35.5. The van der Waals surface area contributed by atoms with Crippen molar-refractivity contribution in [3.05, 3.63) is 74.8 Å². The molecule has 0 aliphatic rings. The molecule has 0 fully saturated rings. The summed E-state index contributed by atoms with van der Waals surface area (Å²) in [5.74, 6) is -2.22. The van der Waals surface area contributed by atoms with Gasteiger partial charge >= 0.3 is 0 Å². The quantitative estimate of drug-likeness (QED) is 0.490. The van der Waals surface area contributed by atoms with Crippen LogP contribution in [0.4, 0.5) is 5.69 Å². The minimum atomic E-state index is -0.954. The highest BCUT2D eigenvalue weighted by Crippen LogP contribution is 2.16. The van der Waals surface area contributed by atoms with E-state index >= 15 is 0 Å². The number of nitrogens with one attached hydrogen (secondary N) is 3. The Balaban J connectivity index is 2.03. The summed E-state index contributed by atoms with van der Waals surface area (Å²) in [6, 6.07) is 10.5. The van der Waals surface area contributed by atoms with E-state index in [1.807, 2.05) is 0 Å². The van der Waals surface area contributed by atoms with Gasteiger partial charge in [0.1, 0.15) is 6.04 Å². The van der Waals surface area contributed by atoms with Gasteiger partial charge in [0.15, 0.2) is 0 Å². The smallest absolute Gasteiger partial charge is 0.270 e. The maximum absolute atomic E-state index is 12.5. The van der Waals surface area contributed by atoms with Crippen LogP contribution in [-0.2, 0) is 4.79 Å². The molecule has 1 atom stereocenters. The number of non-ortho nitro benzene ring substituents is 1. The number of hydrazine groups is 1. The van der Waals surface area contributed by atoms with Gasteiger partial charge in [0.2, 0.25) is 0 Å². The van der Waals surface area contributed by atoms with Gasteiger partial charge in [-0.15, -0.1) is 0 Å². The fraction of sp³-hybridized carbons (Fsp3) is 0.211. The summed E-state index contributed by atoms with van der Waals surface area (Å²) in [6.07, 6.45) is 0. The number of rotatable bonds is 6. The van der Waals surface area contributed by atoms with Gasteiger partial charge in [-0.05, 0) is 24.1 Å². The molecule has 0 bridgehead atoms. The zero-order chi connectivity index (χ0) is 21.6. The Morgan fingerprint density at radius 1 is 1.00 bits per heavy atom. The van der Waals surface area contributed by atoms with Gasteiger partial charge in [0.05, 0.1) is 15.5 Å². The van der Waals surface area contributed by atoms with Gasteiger partial charge in [-0.25, -0.2) is 0 Å². The Bertz CT molecular complexity index is 948. The molecule has 0 saturated carbocycles. The van der Waals surface area contributed by atoms with Crippen molar-refractivity contribution >= 4 is 35.0 Å². The van der Waals surface area contributed by atoms with Crippen LogP contribution in [0, 0.1) is 16.0 Å². The van der Waals surface area contributed by atoms with Gasteiger partial charge in [-0.2, -0.15) is 0 Å². The molecule has 2 aromatic carbocycles. The fourth-order valence-corrected chi connectivity index (χ4v) is 2.65. The number of halogens is 1. The molecule has 9 nitrogen and oxygen atoms in total. The summed E-state index contributed by atoms with van der Waals surface area (Å²) in [7, 11) is 0. The van der Waals surface area contributed by atoms with Crippen LogP contribution in [0.25, 0.3) is 0 Å². The molecule has 3 N–H and O–H groups in total. The third-order valence-electron chi connectivity index (χ3n) is 3.97. The van der Waals surface area contributed by atoms with Crippen molar-refractivity contribution in [3.63, 3.8) is 0 Å². The monoisotopic (exact) mass is 418 g/mol. The lowest BCUT2D eigenvalue weighted by Crippen LogP contribution is -2.54. The van der Waals surface area contributed by atoms with Crippen molar-refractivity contribution in [2.24, 2.45) is 5.92 Å². The number of benzene rings is 2. The molecule has 0 radical (unpaired) electrons. The topological polar surface area (TPSA) is 130 Å². The van der Waals surface area contributed by atoms with Crippen molar-refractivity contribution in [1.82, 2.24) is 16.2 Å². The van der Waals surface area contributed by atoms with E-state index < -0.39 is 28.7 Å². The first-order chi connectivity index (χ1) is 13.7.